The number of rotatable bonds is 8. The number of hydrogen-bond acceptors (Lipinski definition) is 5. The maximum atomic E-state index is 14.4. The largest absolute Gasteiger partial charge is 0.497 e. The van der Waals surface area contributed by atoms with Crippen LogP contribution >= 0.6 is 0 Å². The first kappa shape index (κ1) is 34.9. The van der Waals surface area contributed by atoms with E-state index in [2.05, 4.69) is 43.0 Å². The average molecular weight is 720 g/mol. The van der Waals surface area contributed by atoms with Gasteiger partial charge < -0.3 is 23.8 Å². The molecule has 0 N–H and O–H groups in total. The number of alkyl halides is 3. The quantitative estimate of drug-likeness (QED) is 0.160. The van der Waals surface area contributed by atoms with Crippen LogP contribution in [0.4, 0.5) is 18.9 Å². The third-order valence-corrected chi connectivity index (χ3v) is 11.9. The molecule has 8 rings (SSSR count). The molecule has 0 unspecified atom stereocenters. The van der Waals surface area contributed by atoms with Crippen LogP contribution in [0.1, 0.15) is 79.3 Å². The predicted octanol–water partition coefficient (Wildman–Crippen LogP) is 11.3. The third-order valence-electron chi connectivity index (χ3n) is 11.9. The van der Waals surface area contributed by atoms with Gasteiger partial charge in [-0.25, -0.2) is 0 Å². The van der Waals surface area contributed by atoms with Crippen LogP contribution in [0, 0.1) is 0 Å². The fourth-order valence-electron chi connectivity index (χ4n) is 9.09. The van der Waals surface area contributed by atoms with Crippen LogP contribution in [0.5, 0.6) is 23.0 Å². The molecule has 2 heterocycles. The fraction of sp³-hybridized carbons (Fsp3) is 0.333. The Hall–Kier alpha value is -5.11. The molecule has 1 saturated heterocycles. The van der Waals surface area contributed by atoms with Crippen molar-refractivity contribution >= 4 is 22.5 Å². The summed E-state index contributed by atoms with van der Waals surface area (Å²) in [5.74, 6) is 2.86. The van der Waals surface area contributed by atoms with Crippen molar-refractivity contribution in [2.24, 2.45) is 0 Å². The van der Waals surface area contributed by atoms with Crippen LogP contribution in [0.15, 0.2) is 84.9 Å². The second kappa shape index (κ2) is 13.1. The van der Waals surface area contributed by atoms with Crippen LogP contribution in [-0.4, -0.2) is 34.4 Å². The second-order valence-electron chi connectivity index (χ2n) is 14.3. The van der Waals surface area contributed by atoms with Crippen LogP contribution in [-0.2, 0) is 17.2 Å². The number of anilines is 1. The molecule has 53 heavy (non-hydrogen) atoms. The Morgan fingerprint density at radius 3 is 1.91 bits per heavy atom. The number of hydrogen-bond donors (Lipinski definition) is 0. The molecular formula is C45H44F3NO4. The zero-order chi connectivity index (χ0) is 37.1. The number of piperidine rings is 1. The van der Waals surface area contributed by atoms with Gasteiger partial charge in [0.15, 0.2) is 5.60 Å². The topological polar surface area (TPSA) is 40.2 Å². The SMILES string of the molecule is CCC1(CC)c2cc(C(F)(F)F)ccc2-c2c1c1c(c3cc(OC)c(N4CCCCC4)cc23)OC(c2ccc(OC)cc2)(c2ccc(OC)cc2)C=C1. The highest BCUT2D eigenvalue weighted by atomic mass is 19.4. The number of halogens is 3. The van der Waals surface area contributed by atoms with Crippen molar-refractivity contribution in [3.8, 4) is 34.1 Å². The molecule has 0 saturated carbocycles. The van der Waals surface area contributed by atoms with Gasteiger partial charge >= 0.3 is 6.18 Å². The molecule has 0 radical (unpaired) electrons. The van der Waals surface area contributed by atoms with Gasteiger partial charge in [-0.1, -0.05) is 50.3 Å². The van der Waals surface area contributed by atoms with E-state index in [1.165, 1.54) is 18.6 Å². The molecule has 2 aliphatic heterocycles. The summed E-state index contributed by atoms with van der Waals surface area (Å²) >= 11 is 0. The van der Waals surface area contributed by atoms with E-state index in [1.54, 1.807) is 27.4 Å². The van der Waals surface area contributed by atoms with E-state index in [1.807, 2.05) is 48.5 Å². The van der Waals surface area contributed by atoms with Crippen molar-refractivity contribution in [3.05, 3.63) is 118 Å². The van der Waals surface area contributed by atoms with Gasteiger partial charge in [0.2, 0.25) is 0 Å². The van der Waals surface area contributed by atoms with Gasteiger partial charge in [0.1, 0.15) is 23.0 Å². The second-order valence-corrected chi connectivity index (χ2v) is 14.3. The normalized spacial score (nSPS) is 16.8. The van der Waals surface area contributed by atoms with E-state index in [4.69, 9.17) is 18.9 Å². The highest BCUT2D eigenvalue weighted by Gasteiger charge is 2.48. The van der Waals surface area contributed by atoms with Crippen molar-refractivity contribution in [1.82, 2.24) is 0 Å². The molecule has 5 nitrogen and oxygen atoms in total. The maximum Gasteiger partial charge on any atom is 0.416 e. The number of nitrogens with zero attached hydrogens (tertiary/aromatic N) is 1. The fourth-order valence-corrected chi connectivity index (χ4v) is 9.09. The Morgan fingerprint density at radius 2 is 1.36 bits per heavy atom. The van der Waals surface area contributed by atoms with Crippen molar-refractivity contribution in [1.29, 1.82) is 0 Å². The average Bonchev–Trinajstić information content (AvgIpc) is 3.50. The van der Waals surface area contributed by atoms with Crippen molar-refractivity contribution in [2.45, 2.75) is 63.1 Å². The van der Waals surface area contributed by atoms with Gasteiger partial charge in [0.05, 0.1) is 32.6 Å². The van der Waals surface area contributed by atoms with Crippen LogP contribution in [0.2, 0.25) is 0 Å². The Kier molecular flexibility index (Phi) is 8.62. The first-order chi connectivity index (χ1) is 25.6. The van der Waals surface area contributed by atoms with E-state index in [0.717, 1.165) is 93.0 Å². The summed E-state index contributed by atoms with van der Waals surface area (Å²) in [5, 5.41) is 1.79. The number of ether oxygens (including phenoxy) is 4. The van der Waals surface area contributed by atoms with Crippen molar-refractivity contribution in [2.75, 3.05) is 39.3 Å². The van der Waals surface area contributed by atoms with Crippen molar-refractivity contribution in [3.63, 3.8) is 0 Å². The Bertz CT molecular complexity index is 2170. The lowest BCUT2D eigenvalue weighted by molar-refractivity contribution is -0.137. The summed E-state index contributed by atoms with van der Waals surface area (Å²) in [6.07, 6.45) is 4.34. The maximum absolute atomic E-state index is 14.4. The van der Waals surface area contributed by atoms with E-state index < -0.39 is 22.8 Å². The van der Waals surface area contributed by atoms with E-state index >= 15 is 0 Å². The van der Waals surface area contributed by atoms with Gasteiger partial charge in [0, 0.05) is 40.6 Å². The number of fused-ring (bicyclic) bond motifs is 8. The van der Waals surface area contributed by atoms with Crippen LogP contribution in [0.3, 0.4) is 0 Å². The molecule has 3 aliphatic rings. The molecule has 5 aromatic carbocycles. The molecule has 8 heteroatoms. The predicted molar refractivity (Wildman–Crippen MR) is 205 cm³/mol. The van der Waals surface area contributed by atoms with Gasteiger partial charge in [-0.2, -0.15) is 13.2 Å². The standard InChI is InChI=1S/C45H44F3NO4/c1-6-43(7-2)37-25-30(45(46,47)48)15-20-33(37)40-35-26-38(49-23-9-8-10-24-49)39(52-5)27-36(35)42-34(41(40)43)21-22-44(53-42,28-11-16-31(50-3)17-12-28)29-13-18-32(51-4)19-14-29/h11-22,25-27H,6-10,23-24H2,1-5H3. The minimum atomic E-state index is -4.47. The zero-order valence-corrected chi connectivity index (χ0v) is 30.8. The van der Waals surface area contributed by atoms with Crippen LogP contribution < -0.4 is 23.8 Å². The molecule has 1 fully saturated rings. The molecule has 0 aromatic heterocycles. The van der Waals surface area contributed by atoms with Crippen molar-refractivity contribution < 1.29 is 32.1 Å². The summed E-state index contributed by atoms with van der Waals surface area (Å²) in [7, 11) is 4.98. The molecule has 0 amide bonds. The van der Waals surface area contributed by atoms with Crippen LogP contribution in [0.25, 0.3) is 28.0 Å². The van der Waals surface area contributed by atoms with E-state index in [0.29, 0.717) is 24.2 Å². The summed E-state index contributed by atoms with van der Waals surface area (Å²) in [5.41, 5.74) is 4.85. The Morgan fingerprint density at radius 1 is 0.736 bits per heavy atom. The van der Waals surface area contributed by atoms with Gasteiger partial charge in [-0.3, -0.25) is 0 Å². The summed E-state index contributed by atoms with van der Waals surface area (Å²) in [6.45, 7) is 5.98. The molecule has 0 bridgehead atoms. The lowest BCUT2D eigenvalue weighted by Crippen LogP contribution is -2.35. The summed E-state index contributed by atoms with van der Waals surface area (Å²) in [4.78, 5) is 2.38. The number of benzene rings is 5. The van der Waals surface area contributed by atoms with Gasteiger partial charge in [0.25, 0.3) is 0 Å². The Labute approximate surface area is 308 Å². The molecule has 0 atom stereocenters. The first-order valence-electron chi connectivity index (χ1n) is 18.5. The zero-order valence-electron chi connectivity index (χ0n) is 30.8. The Balaban J connectivity index is 1.47. The highest BCUT2D eigenvalue weighted by molar-refractivity contribution is 6.10. The highest BCUT2D eigenvalue weighted by Crippen LogP contribution is 2.61. The first-order valence-corrected chi connectivity index (χ1v) is 18.5. The minimum absolute atomic E-state index is 0.619. The molecule has 5 aromatic rings. The lowest BCUT2D eigenvalue weighted by Gasteiger charge is -2.39. The molecule has 0 spiro atoms. The third kappa shape index (κ3) is 5.35. The summed E-state index contributed by atoms with van der Waals surface area (Å²) < 4.78 is 67.7. The van der Waals surface area contributed by atoms with Gasteiger partial charge in [-0.05, 0) is 114 Å². The smallest absolute Gasteiger partial charge is 0.416 e. The minimum Gasteiger partial charge on any atom is -0.497 e. The molecule has 1 aliphatic carbocycles. The lowest BCUT2D eigenvalue weighted by atomic mass is 9.70. The molecular weight excluding hydrogens is 675 g/mol. The summed E-state index contributed by atoms with van der Waals surface area (Å²) in [6, 6.07) is 24.3. The number of methoxy groups -OCH3 is 3. The monoisotopic (exact) mass is 719 g/mol. The van der Waals surface area contributed by atoms with E-state index in [9.17, 15) is 13.2 Å². The molecule has 274 valence electrons. The van der Waals surface area contributed by atoms with E-state index in [-0.39, 0.29) is 0 Å². The van der Waals surface area contributed by atoms with Gasteiger partial charge in [-0.15, -0.1) is 0 Å².